The molecule has 1 atom stereocenters. The quantitative estimate of drug-likeness (QED) is 0.451. The number of benzene rings is 1. The molecule has 0 amide bonds. The normalized spacial score (nSPS) is 14.0. The Kier molecular flexibility index (Phi) is 6.37. The van der Waals surface area contributed by atoms with Gasteiger partial charge in [-0.15, -0.1) is 0 Å². The van der Waals surface area contributed by atoms with Crippen LogP contribution in [0.15, 0.2) is 42.5 Å². The van der Waals surface area contributed by atoms with Gasteiger partial charge in [0.2, 0.25) is 0 Å². The first-order valence-electron chi connectivity index (χ1n) is 6.96. The first-order chi connectivity index (χ1) is 8.62. The van der Waals surface area contributed by atoms with Crippen LogP contribution in [0.3, 0.4) is 0 Å². The lowest BCUT2D eigenvalue weighted by atomic mass is 10.2. The van der Waals surface area contributed by atoms with E-state index in [4.69, 9.17) is 0 Å². The highest BCUT2D eigenvalue weighted by atomic mass is 28.3. The molecule has 0 aromatic heterocycles. The van der Waals surface area contributed by atoms with Gasteiger partial charge in [0.05, 0.1) is 8.07 Å². The summed E-state index contributed by atoms with van der Waals surface area (Å²) in [6.45, 7) is 7.15. The predicted molar refractivity (Wildman–Crippen MR) is 83.1 cm³/mol. The van der Waals surface area contributed by atoms with Gasteiger partial charge in [-0.2, -0.15) is 0 Å². The average Bonchev–Trinajstić information content (AvgIpc) is 2.39. The smallest absolute Gasteiger partial charge is 0.0898 e. The van der Waals surface area contributed by atoms with Gasteiger partial charge in [0.15, 0.2) is 0 Å². The van der Waals surface area contributed by atoms with Gasteiger partial charge in [0.25, 0.3) is 0 Å². The molecule has 0 heterocycles. The predicted octanol–water partition coefficient (Wildman–Crippen LogP) is 3.71. The fourth-order valence-electron chi connectivity index (χ4n) is 2.19. The van der Waals surface area contributed by atoms with E-state index in [1.165, 1.54) is 18.0 Å². The van der Waals surface area contributed by atoms with Crippen molar-refractivity contribution in [1.82, 2.24) is 0 Å². The highest BCUT2D eigenvalue weighted by Crippen LogP contribution is 2.23. The Bertz CT molecular complexity index is 357. The van der Waals surface area contributed by atoms with E-state index in [1.54, 1.807) is 0 Å². The molecule has 1 aromatic carbocycles. The molecular weight excluding hydrogens is 236 g/mol. The molecule has 1 nitrogen and oxygen atoms in total. The molecule has 1 unspecified atom stereocenters. The van der Waals surface area contributed by atoms with E-state index < -0.39 is 8.07 Å². The molecule has 18 heavy (non-hydrogen) atoms. The summed E-state index contributed by atoms with van der Waals surface area (Å²) < 4.78 is 0. The highest BCUT2D eigenvalue weighted by Gasteiger charge is 2.31. The molecule has 1 N–H and O–H groups in total. The molecule has 0 aliphatic rings. The summed E-state index contributed by atoms with van der Waals surface area (Å²) in [4.78, 5) is 0. The van der Waals surface area contributed by atoms with Crippen molar-refractivity contribution in [3.8, 4) is 0 Å². The minimum absolute atomic E-state index is 0.261. The number of hydrogen-bond acceptors (Lipinski definition) is 1. The maximum Gasteiger partial charge on any atom is 0.0898 e. The summed E-state index contributed by atoms with van der Waals surface area (Å²) in [5.41, 5.74) is 0.316. The van der Waals surface area contributed by atoms with Crippen molar-refractivity contribution in [2.45, 2.75) is 44.8 Å². The maximum absolute atomic E-state index is 9.66. The molecule has 0 aliphatic carbocycles. The lowest BCUT2D eigenvalue weighted by Gasteiger charge is -2.29. The number of hydrogen-bond donors (Lipinski definition) is 1. The SMILES string of the molecule is CCCC/C=C/C(CO)[Si](C)(C)c1ccccc1. The Hall–Kier alpha value is -0.863. The topological polar surface area (TPSA) is 20.2 Å². The molecule has 0 fully saturated rings. The van der Waals surface area contributed by atoms with Crippen molar-refractivity contribution in [2.24, 2.45) is 0 Å². The monoisotopic (exact) mass is 262 g/mol. The van der Waals surface area contributed by atoms with Crippen LogP contribution in [-0.2, 0) is 0 Å². The van der Waals surface area contributed by atoms with Crippen molar-refractivity contribution in [2.75, 3.05) is 6.61 Å². The second-order valence-corrected chi connectivity index (χ2v) is 10.2. The fourth-order valence-corrected chi connectivity index (χ4v) is 4.75. The molecular formula is C16H26OSi. The third-order valence-corrected chi connectivity index (χ3v) is 7.78. The van der Waals surface area contributed by atoms with Crippen LogP contribution < -0.4 is 5.19 Å². The Morgan fingerprint density at radius 1 is 1.22 bits per heavy atom. The van der Waals surface area contributed by atoms with E-state index in [0.29, 0.717) is 5.54 Å². The first-order valence-corrected chi connectivity index (χ1v) is 10.0. The van der Waals surface area contributed by atoms with E-state index in [2.05, 4.69) is 62.5 Å². The van der Waals surface area contributed by atoms with Gasteiger partial charge >= 0.3 is 0 Å². The molecule has 2 heteroatoms. The number of rotatable bonds is 7. The lowest BCUT2D eigenvalue weighted by molar-refractivity contribution is 0.300. The van der Waals surface area contributed by atoms with Crippen molar-refractivity contribution >= 4 is 13.3 Å². The standard InChI is InChI=1S/C16H26OSi/c1-4-5-6-8-13-16(14-17)18(2,3)15-11-9-7-10-12-15/h7-13,16-17H,4-6,14H2,1-3H3/b13-8+. The molecule has 0 bridgehead atoms. The largest absolute Gasteiger partial charge is 0.396 e. The molecule has 1 rings (SSSR count). The van der Waals surface area contributed by atoms with Gasteiger partial charge in [-0.25, -0.2) is 0 Å². The van der Waals surface area contributed by atoms with Crippen LogP contribution in [0.5, 0.6) is 0 Å². The zero-order valence-electron chi connectivity index (χ0n) is 11.9. The third kappa shape index (κ3) is 4.11. The Labute approximate surface area is 113 Å². The van der Waals surface area contributed by atoms with Crippen LogP contribution in [-0.4, -0.2) is 19.8 Å². The van der Waals surface area contributed by atoms with Crippen molar-refractivity contribution in [1.29, 1.82) is 0 Å². The van der Waals surface area contributed by atoms with E-state index >= 15 is 0 Å². The molecule has 100 valence electrons. The fraction of sp³-hybridized carbons (Fsp3) is 0.500. The Balaban J connectivity index is 2.77. The summed E-state index contributed by atoms with van der Waals surface area (Å²) in [5.74, 6) is 0. The summed E-state index contributed by atoms with van der Waals surface area (Å²) in [6, 6.07) is 10.7. The third-order valence-electron chi connectivity index (χ3n) is 3.73. The second kappa shape index (κ2) is 7.55. The van der Waals surface area contributed by atoms with Crippen molar-refractivity contribution in [3.63, 3.8) is 0 Å². The molecule has 0 aliphatic heterocycles. The first kappa shape index (κ1) is 15.2. The number of unbranched alkanes of at least 4 members (excludes halogenated alkanes) is 2. The van der Waals surface area contributed by atoms with Crippen molar-refractivity contribution in [3.05, 3.63) is 42.5 Å². The van der Waals surface area contributed by atoms with E-state index in [9.17, 15) is 5.11 Å². The second-order valence-electron chi connectivity index (χ2n) is 5.45. The Morgan fingerprint density at radius 2 is 1.89 bits per heavy atom. The summed E-state index contributed by atoms with van der Waals surface area (Å²) in [7, 11) is -1.61. The van der Waals surface area contributed by atoms with Gasteiger partial charge in [0.1, 0.15) is 0 Å². The van der Waals surface area contributed by atoms with Crippen LogP contribution in [0.2, 0.25) is 18.6 Å². The van der Waals surface area contributed by atoms with Crippen LogP contribution in [0.25, 0.3) is 0 Å². The van der Waals surface area contributed by atoms with Crippen LogP contribution >= 0.6 is 0 Å². The maximum atomic E-state index is 9.66. The van der Waals surface area contributed by atoms with E-state index in [1.807, 2.05) is 0 Å². The highest BCUT2D eigenvalue weighted by molar-refractivity contribution is 6.91. The molecule has 0 saturated heterocycles. The Morgan fingerprint density at radius 3 is 2.44 bits per heavy atom. The van der Waals surface area contributed by atoms with Gasteiger partial charge in [-0.3, -0.25) is 0 Å². The molecule has 0 saturated carbocycles. The average molecular weight is 262 g/mol. The zero-order chi connectivity index (χ0) is 13.4. The number of aliphatic hydroxyl groups excluding tert-OH is 1. The van der Waals surface area contributed by atoms with E-state index in [-0.39, 0.29) is 6.61 Å². The van der Waals surface area contributed by atoms with Crippen molar-refractivity contribution < 1.29 is 5.11 Å². The lowest BCUT2D eigenvalue weighted by Crippen LogP contribution is -2.46. The van der Waals surface area contributed by atoms with Crippen LogP contribution in [0.4, 0.5) is 0 Å². The summed E-state index contributed by atoms with van der Waals surface area (Å²) in [6.07, 6.45) is 8.10. The number of allylic oxidation sites excluding steroid dienone is 1. The molecule has 0 spiro atoms. The zero-order valence-corrected chi connectivity index (χ0v) is 12.9. The minimum Gasteiger partial charge on any atom is -0.396 e. The molecule has 0 radical (unpaired) electrons. The van der Waals surface area contributed by atoms with E-state index in [0.717, 1.165) is 6.42 Å². The van der Waals surface area contributed by atoms with Crippen LogP contribution in [0, 0.1) is 0 Å². The number of aliphatic hydroxyl groups is 1. The molecule has 1 aromatic rings. The summed E-state index contributed by atoms with van der Waals surface area (Å²) >= 11 is 0. The van der Waals surface area contributed by atoms with Gasteiger partial charge in [-0.05, 0) is 12.0 Å². The van der Waals surface area contributed by atoms with Gasteiger partial charge in [0, 0.05) is 6.61 Å². The minimum atomic E-state index is -1.61. The van der Waals surface area contributed by atoms with Crippen LogP contribution in [0.1, 0.15) is 26.2 Å². The summed E-state index contributed by atoms with van der Waals surface area (Å²) in [5, 5.41) is 11.1. The van der Waals surface area contributed by atoms with Gasteiger partial charge < -0.3 is 5.11 Å². The van der Waals surface area contributed by atoms with Gasteiger partial charge in [-0.1, -0.05) is 80.5 Å².